The number of nitrogens with zero attached hydrogens (tertiary/aromatic N) is 1. The third-order valence-corrected chi connectivity index (χ3v) is 15.6. The summed E-state index contributed by atoms with van der Waals surface area (Å²) >= 11 is 0. The highest BCUT2D eigenvalue weighted by molar-refractivity contribution is 7.45. The average molecular weight is 1120 g/mol. The minimum Gasteiger partial charge on any atom is -0.756 e. The van der Waals surface area contributed by atoms with Crippen molar-refractivity contribution in [3.63, 3.8) is 0 Å². The van der Waals surface area contributed by atoms with E-state index in [0.29, 0.717) is 17.4 Å². The molecule has 456 valence electrons. The Labute approximate surface area is 483 Å². The van der Waals surface area contributed by atoms with Crippen molar-refractivity contribution in [1.82, 2.24) is 5.32 Å². The molecule has 9 nitrogen and oxygen atoms in total. The topological polar surface area (TPSA) is 114 Å². The Kier molecular flexibility index (Phi) is 56.2. The Morgan fingerprint density at radius 3 is 1.21 bits per heavy atom. The van der Waals surface area contributed by atoms with Gasteiger partial charge in [-0.15, -0.1) is 0 Å². The van der Waals surface area contributed by atoms with Crippen LogP contribution < -0.4 is 10.2 Å². The van der Waals surface area contributed by atoms with E-state index in [1.165, 1.54) is 180 Å². The maximum Gasteiger partial charge on any atom is 0.306 e. The number of hydrogen-bond donors (Lipinski definition) is 1. The summed E-state index contributed by atoms with van der Waals surface area (Å²) in [5.41, 5.74) is 0. The van der Waals surface area contributed by atoms with E-state index in [1.54, 1.807) is 0 Å². The second kappa shape index (κ2) is 57.9. The molecule has 0 aromatic rings. The molecule has 0 heterocycles. The smallest absolute Gasteiger partial charge is 0.306 e. The molecule has 1 N–H and O–H groups in total. The van der Waals surface area contributed by atoms with Crippen molar-refractivity contribution in [1.29, 1.82) is 0 Å². The van der Waals surface area contributed by atoms with Crippen LogP contribution in [-0.4, -0.2) is 69.4 Å². The molecule has 0 radical (unpaired) electrons. The third-order valence-electron chi connectivity index (χ3n) is 14.7. The molecular weight excluding hydrogens is 988 g/mol. The van der Waals surface area contributed by atoms with Crippen molar-refractivity contribution < 1.29 is 37.3 Å². The molecule has 0 saturated heterocycles. The predicted octanol–water partition coefficient (Wildman–Crippen LogP) is 20.0. The number of ether oxygens (including phenoxy) is 1. The minimum absolute atomic E-state index is 0.0243. The van der Waals surface area contributed by atoms with Crippen molar-refractivity contribution in [3.05, 3.63) is 60.8 Å². The summed E-state index contributed by atoms with van der Waals surface area (Å²) in [6.07, 6.45) is 73.3. The lowest BCUT2D eigenvalue weighted by atomic mass is 10.0. The highest BCUT2D eigenvalue weighted by Crippen LogP contribution is 2.38. The first-order chi connectivity index (χ1) is 37.9. The molecule has 0 spiro atoms. The predicted molar refractivity (Wildman–Crippen MR) is 335 cm³/mol. The van der Waals surface area contributed by atoms with Gasteiger partial charge in [0.25, 0.3) is 7.82 Å². The number of unbranched alkanes of at least 4 members (excludes halogenated alkanes) is 36. The lowest BCUT2D eigenvalue weighted by molar-refractivity contribution is -0.870. The van der Waals surface area contributed by atoms with Gasteiger partial charge in [-0.3, -0.25) is 14.2 Å². The first-order valence-corrected chi connectivity index (χ1v) is 34.6. The number of esters is 1. The van der Waals surface area contributed by atoms with Gasteiger partial charge in [-0.05, 0) is 96.0 Å². The zero-order valence-corrected chi connectivity index (χ0v) is 53.0. The first kappa shape index (κ1) is 75.7. The molecule has 3 atom stereocenters. The molecule has 0 aliphatic heterocycles. The van der Waals surface area contributed by atoms with Gasteiger partial charge in [0.2, 0.25) is 5.91 Å². The second-order valence-corrected chi connectivity index (χ2v) is 25.0. The summed E-state index contributed by atoms with van der Waals surface area (Å²) in [4.78, 5) is 40.1. The van der Waals surface area contributed by atoms with Crippen LogP contribution in [0.4, 0.5) is 0 Å². The van der Waals surface area contributed by atoms with Crippen LogP contribution in [0.25, 0.3) is 0 Å². The fourth-order valence-electron chi connectivity index (χ4n) is 9.52. The molecule has 10 heteroatoms. The maximum atomic E-state index is 13.6. The molecular formula is C68H127N2O7P. The van der Waals surface area contributed by atoms with Gasteiger partial charge in [0, 0.05) is 12.8 Å². The van der Waals surface area contributed by atoms with Gasteiger partial charge >= 0.3 is 5.97 Å². The molecule has 0 aromatic carbocycles. The number of phosphoric acid groups is 1. The monoisotopic (exact) mass is 1110 g/mol. The summed E-state index contributed by atoms with van der Waals surface area (Å²) < 4.78 is 30.4. The number of hydrogen-bond acceptors (Lipinski definition) is 7. The Morgan fingerprint density at radius 2 is 0.782 bits per heavy atom. The minimum atomic E-state index is -4.70. The Hall–Kier alpha value is -2.29. The molecule has 0 aliphatic carbocycles. The molecule has 0 rings (SSSR count). The summed E-state index contributed by atoms with van der Waals surface area (Å²) in [7, 11) is 1.18. The van der Waals surface area contributed by atoms with Gasteiger partial charge < -0.3 is 28.5 Å². The Bertz CT molecular complexity index is 1520. The van der Waals surface area contributed by atoms with Crippen molar-refractivity contribution in [3.8, 4) is 0 Å². The van der Waals surface area contributed by atoms with E-state index in [0.717, 1.165) is 96.3 Å². The van der Waals surface area contributed by atoms with E-state index in [9.17, 15) is 19.0 Å². The summed E-state index contributed by atoms with van der Waals surface area (Å²) in [5.74, 6) is -0.543. The van der Waals surface area contributed by atoms with Crippen LogP contribution in [0, 0.1) is 0 Å². The maximum absolute atomic E-state index is 13.6. The highest BCUT2D eigenvalue weighted by Gasteiger charge is 2.27. The normalized spacial score (nSPS) is 14.0. The standard InChI is InChI=1S/C68H127N2O7P/c1-7-10-13-16-19-22-25-28-30-32-33-34-35-36-37-39-40-42-45-48-51-54-57-60-67(71)69-65(64-76-78(73,74)75-63-62-70(4,5)6)66(59-56-53-50-47-44-27-24-21-18-15-12-9-3)77-68(72)61-58-55-52-49-46-43-41-38-31-29-26-23-20-17-14-11-8-2/h19,22,28-31,33-34,56,59,65-66H,7-18,20-21,23-27,32,35-55,57-58,60-64H2,1-6H3,(H-,69,71,73,74)/b22-19-,30-28-,31-29+,34-33-,59-56-. The fourth-order valence-corrected chi connectivity index (χ4v) is 10.2. The van der Waals surface area contributed by atoms with Crippen molar-refractivity contribution in [2.45, 2.75) is 322 Å². The lowest BCUT2D eigenvalue weighted by Gasteiger charge is -2.30. The number of amides is 1. The number of nitrogens with one attached hydrogen (secondary N) is 1. The number of quaternary nitrogens is 1. The van der Waals surface area contributed by atoms with E-state index in [1.807, 2.05) is 33.3 Å². The molecule has 0 saturated carbocycles. The molecule has 1 amide bonds. The van der Waals surface area contributed by atoms with E-state index in [2.05, 4.69) is 74.7 Å². The molecule has 78 heavy (non-hydrogen) atoms. The van der Waals surface area contributed by atoms with Crippen molar-refractivity contribution in [2.24, 2.45) is 0 Å². The lowest BCUT2D eigenvalue weighted by Crippen LogP contribution is -2.47. The van der Waals surface area contributed by atoms with Gasteiger partial charge in [-0.2, -0.15) is 0 Å². The largest absolute Gasteiger partial charge is 0.756 e. The number of carbonyl (C=O) groups excluding carboxylic acids is 2. The van der Waals surface area contributed by atoms with E-state index in [-0.39, 0.29) is 24.9 Å². The average Bonchev–Trinajstić information content (AvgIpc) is 3.40. The van der Waals surface area contributed by atoms with Crippen LogP contribution in [0.5, 0.6) is 0 Å². The van der Waals surface area contributed by atoms with Crippen LogP contribution in [0.15, 0.2) is 60.8 Å². The van der Waals surface area contributed by atoms with Crippen molar-refractivity contribution >= 4 is 19.7 Å². The van der Waals surface area contributed by atoms with Crippen LogP contribution in [0.1, 0.15) is 310 Å². The van der Waals surface area contributed by atoms with Gasteiger partial charge in [-0.1, -0.05) is 262 Å². The van der Waals surface area contributed by atoms with Gasteiger partial charge in [0.1, 0.15) is 19.3 Å². The molecule has 0 aromatic heterocycles. The first-order valence-electron chi connectivity index (χ1n) is 33.1. The van der Waals surface area contributed by atoms with Gasteiger partial charge in [-0.25, -0.2) is 0 Å². The van der Waals surface area contributed by atoms with E-state index in [4.69, 9.17) is 13.8 Å². The fraction of sp³-hybridized carbons (Fsp3) is 0.824. The third kappa shape index (κ3) is 58.4. The van der Waals surface area contributed by atoms with Crippen LogP contribution >= 0.6 is 7.82 Å². The van der Waals surface area contributed by atoms with Crippen LogP contribution in [-0.2, 0) is 27.9 Å². The zero-order chi connectivity index (χ0) is 57.2. The van der Waals surface area contributed by atoms with Gasteiger partial charge in [0.05, 0.1) is 33.8 Å². The number of likely N-dealkylation sites (N-methyl/N-ethyl adjacent to an activating group) is 1. The van der Waals surface area contributed by atoms with Crippen LogP contribution in [0.3, 0.4) is 0 Å². The second-order valence-electron chi connectivity index (χ2n) is 23.6. The van der Waals surface area contributed by atoms with Crippen molar-refractivity contribution in [2.75, 3.05) is 40.9 Å². The molecule has 0 aliphatic rings. The number of carbonyl (C=O) groups is 2. The Morgan fingerprint density at radius 1 is 0.449 bits per heavy atom. The SMILES string of the molecule is CCCCC/C=C\C/C=C\C/C=C\CCCCCCCCCCCCC(=O)NC(COP(=O)([O-])OCC[N+](C)(C)C)C(/C=C\CCCCCCCCCCCC)OC(=O)CCCCCCCCC/C=C/CCCCCCCC. The summed E-state index contributed by atoms with van der Waals surface area (Å²) in [6.45, 7) is 6.83. The Balaban J connectivity index is 5.16. The highest BCUT2D eigenvalue weighted by atomic mass is 31.2. The van der Waals surface area contributed by atoms with Gasteiger partial charge in [0.15, 0.2) is 0 Å². The summed E-state index contributed by atoms with van der Waals surface area (Å²) in [5, 5.41) is 3.04. The quantitative estimate of drug-likeness (QED) is 0.0212. The molecule has 0 bridgehead atoms. The van der Waals surface area contributed by atoms with E-state index < -0.39 is 26.6 Å². The number of allylic oxidation sites excluding steroid dienone is 9. The molecule has 0 fully saturated rings. The number of rotatable bonds is 60. The van der Waals surface area contributed by atoms with Crippen LogP contribution in [0.2, 0.25) is 0 Å². The molecule has 3 unspecified atom stereocenters. The van der Waals surface area contributed by atoms with E-state index >= 15 is 0 Å². The zero-order valence-electron chi connectivity index (χ0n) is 52.1. The number of phosphoric ester groups is 1. The summed E-state index contributed by atoms with van der Waals surface area (Å²) in [6, 6.07) is -0.893.